The fraction of sp³-hybridized carbons (Fsp3) is 0.0588. The van der Waals surface area contributed by atoms with E-state index in [1.54, 1.807) is 6.07 Å². The zero-order chi connectivity index (χ0) is 20.4. The summed E-state index contributed by atoms with van der Waals surface area (Å²) in [5.74, 6) is 0.0539. The van der Waals surface area contributed by atoms with Crippen molar-refractivity contribution >= 4 is 58.2 Å². The Balaban J connectivity index is 1.91. The van der Waals surface area contributed by atoms with Gasteiger partial charge >= 0.3 is 0 Å². The molecule has 1 aliphatic heterocycles. The molecule has 0 radical (unpaired) electrons. The number of nitriles is 1. The summed E-state index contributed by atoms with van der Waals surface area (Å²) in [6.45, 7) is 0.0432. The van der Waals surface area contributed by atoms with Crippen LogP contribution in [0.15, 0.2) is 29.8 Å². The fourth-order valence-electron chi connectivity index (χ4n) is 2.31. The number of anilines is 1. The van der Waals surface area contributed by atoms with Gasteiger partial charge in [-0.25, -0.2) is 0 Å². The molecule has 1 amide bonds. The zero-order valence-electron chi connectivity index (χ0n) is 13.7. The molecule has 0 atom stereocenters. The van der Waals surface area contributed by atoms with Crippen LogP contribution in [0.3, 0.4) is 0 Å². The highest BCUT2D eigenvalue weighted by Gasteiger charge is 2.20. The van der Waals surface area contributed by atoms with E-state index in [1.165, 1.54) is 18.2 Å². The molecule has 0 fully saturated rings. The Morgan fingerprint density at radius 1 is 1.14 bits per heavy atom. The molecule has 0 spiro atoms. The van der Waals surface area contributed by atoms with Crippen LogP contribution in [0.1, 0.15) is 5.56 Å². The second-order valence-corrected chi connectivity index (χ2v) is 6.61. The first-order chi connectivity index (χ1) is 13.3. The second-order valence-electron chi connectivity index (χ2n) is 5.39. The van der Waals surface area contributed by atoms with Crippen LogP contribution in [0.2, 0.25) is 15.1 Å². The first-order valence-electron chi connectivity index (χ1n) is 7.46. The standard InChI is InChI=1S/C17H8Cl3N3O5/c18-11-5-15-14(27-7-28-15)2-8(11)1-9(6-21)17(24)22-16-12(19)3-10(23(25)26)4-13(16)20/h1-5H,7H2,(H,22,24)/b9-1+. The van der Waals surface area contributed by atoms with Gasteiger partial charge in [0, 0.05) is 18.2 Å². The van der Waals surface area contributed by atoms with Crippen LogP contribution >= 0.6 is 34.8 Å². The van der Waals surface area contributed by atoms with Gasteiger partial charge in [-0.3, -0.25) is 14.9 Å². The summed E-state index contributed by atoms with van der Waals surface area (Å²) in [5.41, 5.74) is -0.335. The third kappa shape index (κ3) is 3.97. The molecule has 1 N–H and O–H groups in total. The largest absolute Gasteiger partial charge is 0.454 e. The van der Waals surface area contributed by atoms with Crippen LogP contribution in [0.4, 0.5) is 11.4 Å². The van der Waals surface area contributed by atoms with E-state index in [0.717, 1.165) is 12.1 Å². The number of benzene rings is 2. The van der Waals surface area contributed by atoms with Gasteiger partial charge in [-0.05, 0) is 17.7 Å². The molecular weight excluding hydrogens is 433 g/mol. The number of nitro benzene ring substituents is 1. The number of nitro groups is 1. The molecule has 1 heterocycles. The average Bonchev–Trinajstić information content (AvgIpc) is 3.09. The van der Waals surface area contributed by atoms with Crippen molar-refractivity contribution in [3.8, 4) is 17.6 Å². The van der Waals surface area contributed by atoms with E-state index >= 15 is 0 Å². The van der Waals surface area contributed by atoms with Crippen LogP contribution in [0.25, 0.3) is 6.08 Å². The lowest BCUT2D eigenvalue weighted by molar-refractivity contribution is -0.384. The smallest absolute Gasteiger partial charge is 0.272 e. The van der Waals surface area contributed by atoms with Crippen LogP contribution in [-0.4, -0.2) is 17.6 Å². The Hall–Kier alpha value is -2.99. The highest BCUT2D eigenvalue weighted by Crippen LogP contribution is 2.38. The van der Waals surface area contributed by atoms with E-state index < -0.39 is 10.8 Å². The minimum Gasteiger partial charge on any atom is -0.454 e. The zero-order valence-corrected chi connectivity index (χ0v) is 15.9. The van der Waals surface area contributed by atoms with Crippen LogP contribution in [0.5, 0.6) is 11.5 Å². The van der Waals surface area contributed by atoms with Gasteiger partial charge in [0.1, 0.15) is 11.6 Å². The molecule has 28 heavy (non-hydrogen) atoms. The van der Waals surface area contributed by atoms with E-state index in [4.69, 9.17) is 44.3 Å². The van der Waals surface area contributed by atoms with E-state index in [2.05, 4.69) is 5.32 Å². The molecule has 0 saturated heterocycles. The average molecular weight is 441 g/mol. The number of nitrogens with zero attached hydrogens (tertiary/aromatic N) is 2. The van der Waals surface area contributed by atoms with Gasteiger partial charge in [0.25, 0.3) is 11.6 Å². The number of carbonyl (C=O) groups excluding carboxylic acids is 1. The quantitative estimate of drug-likeness (QED) is 0.315. The molecule has 0 aliphatic carbocycles. The summed E-state index contributed by atoms with van der Waals surface area (Å²) >= 11 is 18.1. The first-order valence-corrected chi connectivity index (χ1v) is 8.59. The summed E-state index contributed by atoms with van der Waals surface area (Å²) in [5, 5.41) is 22.5. The summed E-state index contributed by atoms with van der Waals surface area (Å²) < 4.78 is 10.4. The number of ether oxygens (including phenoxy) is 2. The minimum absolute atomic E-state index is 0.0432. The van der Waals surface area contributed by atoms with E-state index in [9.17, 15) is 20.2 Å². The van der Waals surface area contributed by atoms with Gasteiger partial charge in [-0.1, -0.05) is 34.8 Å². The third-order valence-electron chi connectivity index (χ3n) is 3.63. The van der Waals surface area contributed by atoms with Crippen molar-refractivity contribution < 1.29 is 19.2 Å². The monoisotopic (exact) mass is 439 g/mol. The van der Waals surface area contributed by atoms with Crippen LogP contribution < -0.4 is 14.8 Å². The number of fused-ring (bicyclic) bond motifs is 1. The molecular formula is C17H8Cl3N3O5. The Labute approximate surface area is 173 Å². The predicted molar refractivity (Wildman–Crippen MR) is 103 cm³/mol. The van der Waals surface area contributed by atoms with Crippen molar-refractivity contribution in [1.29, 1.82) is 5.26 Å². The molecule has 0 unspecified atom stereocenters. The summed E-state index contributed by atoms with van der Waals surface area (Å²) in [4.78, 5) is 22.6. The number of hydrogen-bond acceptors (Lipinski definition) is 6. The molecule has 3 rings (SSSR count). The normalized spacial score (nSPS) is 12.4. The molecule has 11 heteroatoms. The maximum atomic E-state index is 12.5. The van der Waals surface area contributed by atoms with Crippen LogP contribution in [0, 0.1) is 21.4 Å². The Kier molecular flexibility index (Phi) is 5.61. The maximum absolute atomic E-state index is 12.5. The molecule has 0 bridgehead atoms. The van der Waals surface area contributed by atoms with E-state index in [0.29, 0.717) is 17.1 Å². The SMILES string of the molecule is N#C/C(=C\c1cc2c(cc1Cl)OCO2)C(=O)Nc1c(Cl)cc([N+](=O)[O-])cc1Cl. The van der Waals surface area contributed by atoms with Crippen molar-refractivity contribution in [3.63, 3.8) is 0 Å². The Bertz CT molecular complexity index is 1060. The number of amides is 1. The molecule has 0 saturated carbocycles. The van der Waals surface area contributed by atoms with Gasteiger partial charge in [0.2, 0.25) is 6.79 Å². The number of rotatable bonds is 4. The lowest BCUT2D eigenvalue weighted by Gasteiger charge is -2.09. The highest BCUT2D eigenvalue weighted by molar-refractivity contribution is 6.40. The Morgan fingerprint density at radius 2 is 1.75 bits per heavy atom. The predicted octanol–water partition coefficient (Wildman–Crippen LogP) is 4.83. The molecule has 142 valence electrons. The van der Waals surface area contributed by atoms with Crippen molar-refractivity contribution in [1.82, 2.24) is 0 Å². The number of hydrogen-bond donors (Lipinski definition) is 1. The maximum Gasteiger partial charge on any atom is 0.272 e. The fourth-order valence-corrected chi connectivity index (χ4v) is 3.09. The van der Waals surface area contributed by atoms with Crippen LogP contribution in [-0.2, 0) is 4.79 Å². The first kappa shape index (κ1) is 19.8. The van der Waals surface area contributed by atoms with Crippen molar-refractivity contribution in [2.45, 2.75) is 0 Å². The molecule has 2 aromatic rings. The number of carbonyl (C=O) groups is 1. The Morgan fingerprint density at radius 3 is 2.32 bits per heavy atom. The summed E-state index contributed by atoms with van der Waals surface area (Å²) in [6.07, 6.45) is 1.26. The minimum atomic E-state index is -0.825. The molecule has 1 aliphatic rings. The lowest BCUT2D eigenvalue weighted by atomic mass is 10.1. The van der Waals surface area contributed by atoms with Gasteiger partial charge in [0.15, 0.2) is 11.5 Å². The van der Waals surface area contributed by atoms with E-state index in [-0.39, 0.29) is 38.8 Å². The van der Waals surface area contributed by atoms with Crippen molar-refractivity contribution in [2.24, 2.45) is 0 Å². The second kappa shape index (κ2) is 7.94. The van der Waals surface area contributed by atoms with Crippen molar-refractivity contribution in [3.05, 3.63) is 60.6 Å². The van der Waals surface area contributed by atoms with E-state index in [1.807, 2.05) is 0 Å². The molecule has 8 nitrogen and oxygen atoms in total. The lowest BCUT2D eigenvalue weighted by Crippen LogP contribution is -2.14. The van der Waals surface area contributed by atoms with Gasteiger partial charge in [-0.15, -0.1) is 0 Å². The summed E-state index contributed by atoms with van der Waals surface area (Å²) in [6, 6.07) is 6.86. The third-order valence-corrected chi connectivity index (χ3v) is 4.56. The van der Waals surface area contributed by atoms with Gasteiger partial charge < -0.3 is 14.8 Å². The number of non-ortho nitro benzene ring substituents is 1. The molecule has 2 aromatic carbocycles. The summed E-state index contributed by atoms with van der Waals surface area (Å²) in [7, 11) is 0. The number of nitrogens with one attached hydrogen (secondary N) is 1. The number of halogens is 3. The van der Waals surface area contributed by atoms with Gasteiger partial charge in [-0.2, -0.15) is 5.26 Å². The molecule has 0 aromatic heterocycles. The van der Waals surface area contributed by atoms with Gasteiger partial charge in [0.05, 0.1) is 25.7 Å². The highest BCUT2D eigenvalue weighted by atomic mass is 35.5. The topological polar surface area (TPSA) is 114 Å². The van der Waals surface area contributed by atoms with Crippen molar-refractivity contribution in [2.75, 3.05) is 12.1 Å².